The van der Waals surface area contributed by atoms with Gasteiger partial charge in [0, 0.05) is 6.20 Å². The number of aromatic nitrogens is 3. The third kappa shape index (κ3) is 3.16. The summed E-state index contributed by atoms with van der Waals surface area (Å²) in [6.45, 7) is 0. The van der Waals surface area contributed by atoms with Crippen LogP contribution in [0.3, 0.4) is 0 Å². The Balaban J connectivity index is 1.86. The van der Waals surface area contributed by atoms with Gasteiger partial charge in [0.05, 0.1) is 6.20 Å². The fraction of sp³-hybridized carbons (Fsp3) is 0. The van der Waals surface area contributed by atoms with Crippen LogP contribution in [-0.2, 0) is 0 Å². The van der Waals surface area contributed by atoms with Gasteiger partial charge in [0.15, 0.2) is 11.6 Å². The predicted octanol–water partition coefficient (Wildman–Crippen LogP) is 2.75. The van der Waals surface area contributed by atoms with Crippen molar-refractivity contribution < 1.29 is 9.53 Å². The molecule has 2 aromatic heterocycles. The number of para-hydroxylation sites is 1. The van der Waals surface area contributed by atoms with Gasteiger partial charge in [0.1, 0.15) is 17.4 Å². The first-order valence-electron chi connectivity index (χ1n) is 6.71. The van der Waals surface area contributed by atoms with Crippen molar-refractivity contribution in [1.29, 1.82) is 5.26 Å². The topological polar surface area (TPSA) is 92.8 Å². The Labute approximate surface area is 131 Å². The molecule has 7 heteroatoms. The number of anilines is 1. The number of nitrogens with one attached hydrogen (secondary N) is 1. The first-order valence-corrected chi connectivity index (χ1v) is 6.71. The Hall–Kier alpha value is -3.66. The molecule has 0 aliphatic carbocycles. The van der Waals surface area contributed by atoms with Crippen molar-refractivity contribution in [3.05, 3.63) is 66.5 Å². The molecule has 1 N–H and O–H groups in total. The van der Waals surface area contributed by atoms with E-state index in [1.165, 1.54) is 10.9 Å². The Morgan fingerprint density at radius 1 is 1.17 bits per heavy atom. The zero-order valence-corrected chi connectivity index (χ0v) is 11.9. The van der Waals surface area contributed by atoms with Crippen LogP contribution in [0.2, 0.25) is 0 Å². The second-order valence-electron chi connectivity index (χ2n) is 4.45. The second-order valence-corrected chi connectivity index (χ2v) is 4.45. The van der Waals surface area contributed by atoms with E-state index in [1.54, 1.807) is 48.7 Å². The van der Waals surface area contributed by atoms with Gasteiger partial charge in [0.2, 0.25) is 0 Å². The Morgan fingerprint density at radius 2 is 1.96 bits per heavy atom. The average Bonchev–Trinajstić information content (AvgIpc) is 2.99. The average molecular weight is 305 g/mol. The molecule has 0 spiro atoms. The van der Waals surface area contributed by atoms with Crippen LogP contribution in [0.1, 0.15) is 5.56 Å². The van der Waals surface area contributed by atoms with E-state index in [4.69, 9.17) is 10.00 Å². The second kappa shape index (κ2) is 6.41. The van der Waals surface area contributed by atoms with Crippen LogP contribution in [0.15, 0.2) is 60.9 Å². The van der Waals surface area contributed by atoms with Crippen molar-refractivity contribution in [1.82, 2.24) is 14.8 Å². The fourth-order valence-electron chi connectivity index (χ4n) is 1.92. The molecule has 0 aliphatic rings. The van der Waals surface area contributed by atoms with Gasteiger partial charge >= 0.3 is 6.09 Å². The highest BCUT2D eigenvalue weighted by atomic mass is 16.6. The molecule has 1 amide bonds. The van der Waals surface area contributed by atoms with Crippen molar-refractivity contribution >= 4 is 11.9 Å². The molecule has 0 atom stereocenters. The van der Waals surface area contributed by atoms with Gasteiger partial charge in [-0.05, 0) is 24.3 Å². The van der Waals surface area contributed by atoms with Gasteiger partial charge < -0.3 is 4.74 Å². The molecule has 23 heavy (non-hydrogen) atoms. The number of benzene rings is 1. The third-order valence-corrected chi connectivity index (χ3v) is 2.93. The predicted molar refractivity (Wildman–Crippen MR) is 82.2 cm³/mol. The van der Waals surface area contributed by atoms with E-state index in [0.717, 1.165) is 0 Å². The minimum absolute atomic E-state index is 0.201. The lowest BCUT2D eigenvalue weighted by Gasteiger charge is -2.09. The summed E-state index contributed by atoms with van der Waals surface area (Å²) in [5.74, 6) is 1.07. The standard InChI is InChI=1S/C16H11N5O2/c17-10-12-11-19-21(14-8-4-5-9-18-14)15(12)20-16(22)23-13-6-2-1-3-7-13/h1-9,11H,(H,20,22). The summed E-state index contributed by atoms with van der Waals surface area (Å²) in [6, 6.07) is 15.8. The lowest BCUT2D eigenvalue weighted by molar-refractivity contribution is 0.215. The van der Waals surface area contributed by atoms with E-state index in [-0.39, 0.29) is 11.4 Å². The number of pyridine rings is 1. The van der Waals surface area contributed by atoms with Gasteiger partial charge in [-0.3, -0.25) is 5.32 Å². The van der Waals surface area contributed by atoms with E-state index < -0.39 is 6.09 Å². The van der Waals surface area contributed by atoms with Crippen LogP contribution in [0.25, 0.3) is 5.82 Å². The van der Waals surface area contributed by atoms with Gasteiger partial charge in [-0.15, -0.1) is 0 Å². The maximum absolute atomic E-state index is 12.0. The van der Waals surface area contributed by atoms with Crippen LogP contribution < -0.4 is 10.1 Å². The molecule has 0 radical (unpaired) electrons. The number of carbonyl (C=O) groups is 1. The van der Waals surface area contributed by atoms with E-state index in [1.807, 2.05) is 12.1 Å². The SMILES string of the molecule is N#Cc1cnn(-c2ccccn2)c1NC(=O)Oc1ccccc1. The first-order chi connectivity index (χ1) is 11.3. The Kier molecular flexibility index (Phi) is 3.98. The summed E-state index contributed by atoms with van der Waals surface area (Å²) in [5.41, 5.74) is 0.209. The number of carbonyl (C=O) groups excluding carboxylic acids is 1. The number of rotatable bonds is 3. The number of nitriles is 1. The summed E-state index contributed by atoms with van der Waals surface area (Å²) in [4.78, 5) is 16.2. The quantitative estimate of drug-likeness (QED) is 0.803. The highest BCUT2D eigenvalue weighted by molar-refractivity contribution is 5.87. The number of hydrogen-bond donors (Lipinski definition) is 1. The van der Waals surface area contributed by atoms with Crippen molar-refractivity contribution in [2.24, 2.45) is 0 Å². The molecule has 7 nitrogen and oxygen atoms in total. The molecule has 0 saturated carbocycles. The third-order valence-electron chi connectivity index (χ3n) is 2.93. The van der Waals surface area contributed by atoms with E-state index in [9.17, 15) is 4.79 Å². The maximum Gasteiger partial charge on any atom is 0.418 e. The zero-order chi connectivity index (χ0) is 16.1. The van der Waals surface area contributed by atoms with E-state index in [2.05, 4.69) is 15.4 Å². The highest BCUT2D eigenvalue weighted by Crippen LogP contribution is 2.19. The molecular weight excluding hydrogens is 294 g/mol. The Bertz CT molecular complexity index is 853. The van der Waals surface area contributed by atoms with Crippen molar-refractivity contribution in [3.63, 3.8) is 0 Å². The fourth-order valence-corrected chi connectivity index (χ4v) is 1.92. The summed E-state index contributed by atoms with van der Waals surface area (Å²) in [6.07, 6.45) is 2.23. The molecule has 3 aromatic rings. The minimum Gasteiger partial charge on any atom is -0.410 e. The van der Waals surface area contributed by atoms with Gasteiger partial charge in [-0.2, -0.15) is 15.0 Å². The summed E-state index contributed by atoms with van der Waals surface area (Å²) in [7, 11) is 0. The lowest BCUT2D eigenvalue weighted by atomic mass is 10.3. The molecule has 0 bridgehead atoms. The smallest absolute Gasteiger partial charge is 0.410 e. The van der Waals surface area contributed by atoms with Crippen molar-refractivity contribution in [3.8, 4) is 17.6 Å². The highest BCUT2D eigenvalue weighted by Gasteiger charge is 2.16. The van der Waals surface area contributed by atoms with Crippen LogP contribution in [0.5, 0.6) is 5.75 Å². The molecule has 0 unspecified atom stereocenters. The largest absolute Gasteiger partial charge is 0.418 e. The monoisotopic (exact) mass is 305 g/mol. The van der Waals surface area contributed by atoms with Gasteiger partial charge in [-0.1, -0.05) is 24.3 Å². The molecule has 2 heterocycles. The van der Waals surface area contributed by atoms with E-state index in [0.29, 0.717) is 11.6 Å². The summed E-state index contributed by atoms with van der Waals surface area (Å²) < 4.78 is 6.52. The lowest BCUT2D eigenvalue weighted by Crippen LogP contribution is -2.20. The summed E-state index contributed by atoms with van der Waals surface area (Å²) in [5, 5.41) is 15.8. The van der Waals surface area contributed by atoms with Gasteiger partial charge in [0.25, 0.3) is 0 Å². The van der Waals surface area contributed by atoms with Crippen LogP contribution in [0.4, 0.5) is 10.6 Å². The molecule has 1 aromatic carbocycles. The van der Waals surface area contributed by atoms with Gasteiger partial charge in [-0.25, -0.2) is 9.78 Å². The zero-order valence-electron chi connectivity index (χ0n) is 11.9. The van der Waals surface area contributed by atoms with Crippen molar-refractivity contribution in [2.75, 3.05) is 5.32 Å². The number of amides is 1. The van der Waals surface area contributed by atoms with E-state index >= 15 is 0 Å². The van der Waals surface area contributed by atoms with Crippen molar-refractivity contribution in [2.45, 2.75) is 0 Å². The molecule has 3 rings (SSSR count). The molecule has 112 valence electrons. The number of nitrogens with zero attached hydrogens (tertiary/aromatic N) is 4. The number of hydrogen-bond acceptors (Lipinski definition) is 5. The molecule has 0 aliphatic heterocycles. The van der Waals surface area contributed by atoms with Crippen LogP contribution in [-0.4, -0.2) is 20.9 Å². The molecule has 0 fully saturated rings. The molecule has 0 saturated heterocycles. The normalized spacial score (nSPS) is 9.87. The van der Waals surface area contributed by atoms with Crippen LogP contribution >= 0.6 is 0 Å². The van der Waals surface area contributed by atoms with Crippen LogP contribution in [0, 0.1) is 11.3 Å². The minimum atomic E-state index is -0.717. The maximum atomic E-state index is 12.0. The molecular formula is C16H11N5O2. The summed E-state index contributed by atoms with van der Waals surface area (Å²) >= 11 is 0. The Morgan fingerprint density at radius 3 is 2.65 bits per heavy atom. The first kappa shape index (κ1) is 14.3. The number of ether oxygens (including phenoxy) is 1.